The summed E-state index contributed by atoms with van der Waals surface area (Å²) in [6.45, 7) is 3.99. The van der Waals surface area contributed by atoms with Gasteiger partial charge in [-0.3, -0.25) is 14.5 Å². The predicted octanol–water partition coefficient (Wildman–Crippen LogP) is 6.93. The number of rotatable bonds is 3. The largest absolute Gasteiger partial charge is 2.00 e. The van der Waals surface area contributed by atoms with E-state index >= 15 is 0 Å². The molecule has 0 N–H and O–H groups in total. The second-order valence-corrected chi connectivity index (χ2v) is 9.62. The molecule has 0 bridgehead atoms. The number of hydrogen-bond acceptors (Lipinski definition) is 5. The third kappa shape index (κ3) is 3.69. The van der Waals surface area contributed by atoms with Crippen molar-refractivity contribution in [1.82, 2.24) is 29.1 Å². The van der Waals surface area contributed by atoms with Gasteiger partial charge in [0.2, 0.25) is 0 Å². The van der Waals surface area contributed by atoms with Crippen molar-refractivity contribution in [1.29, 1.82) is 0 Å². The summed E-state index contributed by atoms with van der Waals surface area (Å²) in [6.07, 6.45) is 3.62. The number of hydrogen-bond donors (Lipinski definition) is 0. The van der Waals surface area contributed by atoms with Crippen LogP contribution in [-0.2, 0) is 21.1 Å². The minimum atomic E-state index is 0. The Labute approximate surface area is 243 Å². The van der Waals surface area contributed by atoms with Gasteiger partial charge in [0.05, 0.1) is 11.2 Å². The third-order valence-electron chi connectivity index (χ3n) is 7.06. The Bertz CT molecular complexity index is 2240. The molecular weight excluding hydrogens is 679 g/mol. The minimum Gasteiger partial charge on any atom is -0.478 e. The molecule has 0 unspecified atom stereocenters. The number of ether oxygens (including phenoxy) is 1. The van der Waals surface area contributed by atoms with E-state index in [4.69, 9.17) is 9.72 Å². The number of para-hydroxylation sites is 1. The maximum absolute atomic E-state index is 6.26. The summed E-state index contributed by atoms with van der Waals surface area (Å²) < 4.78 is 10.2. The molecule has 0 fully saturated rings. The van der Waals surface area contributed by atoms with Crippen LogP contribution in [0.15, 0.2) is 85.2 Å². The molecule has 0 atom stereocenters. The van der Waals surface area contributed by atoms with Gasteiger partial charge in [0.25, 0.3) is 0 Å². The topological polar surface area (TPSA) is 70.1 Å². The molecule has 0 aliphatic carbocycles. The molecule has 0 saturated carbocycles. The standard InChI is InChI=1S/C32H20N6O.Pt/c1-19-10-13-28-24(15-19)22-12-11-21(16-25(22)32-35-20(2)36-38(28)32)39-31-17-29-26(18-34-31)23-7-3-4-8-27(23)37(29)30-9-5-6-14-33-30;/h3-15,18H,1-2H3;/q-2;+2. The number of pyridine rings is 3. The molecule has 8 aromatic rings. The quantitative estimate of drug-likeness (QED) is 0.148. The molecule has 40 heavy (non-hydrogen) atoms. The van der Waals surface area contributed by atoms with Crippen molar-refractivity contribution in [2.45, 2.75) is 13.8 Å². The van der Waals surface area contributed by atoms with Crippen LogP contribution in [0.1, 0.15) is 11.4 Å². The summed E-state index contributed by atoms with van der Waals surface area (Å²) in [6, 6.07) is 31.2. The summed E-state index contributed by atoms with van der Waals surface area (Å²) in [5, 5.41) is 9.69. The summed E-state index contributed by atoms with van der Waals surface area (Å²) >= 11 is 0. The van der Waals surface area contributed by atoms with Crippen molar-refractivity contribution in [3.8, 4) is 17.4 Å². The molecule has 0 aliphatic heterocycles. The number of nitrogens with zero attached hydrogens (tertiary/aromatic N) is 6. The third-order valence-corrected chi connectivity index (χ3v) is 7.06. The molecule has 0 amide bonds. The van der Waals surface area contributed by atoms with E-state index < -0.39 is 0 Å². The van der Waals surface area contributed by atoms with E-state index in [-0.39, 0.29) is 21.1 Å². The Morgan fingerprint density at radius 2 is 1.65 bits per heavy atom. The average molecular weight is 700 g/mol. The van der Waals surface area contributed by atoms with E-state index in [2.05, 4.69) is 75.1 Å². The zero-order valence-electron chi connectivity index (χ0n) is 21.5. The zero-order chi connectivity index (χ0) is 26.1. The van der Waals surface area contributed by atoms with E-state index in [1.165, 1.54) is 5.56 Å². The van der Waals surface area contributed by atoms with Gasteiger partial charge < -0.3 is 9.30 Å². The van der Waals surface area contributed by atoms with Crippen LogP contribution in [0.2, 0.25) is 0 Å². The monoisotopic (exact) mass is 699 g/mol. The van der Waals surface area contributed by atoms with Gasteiger partial charge in [-0.2, -0.15) is 11.2 Å². The Hall–Kier alpha value is -4.61. The van der Waals surface area contributed by atoms with Crippen LogP contribution in [0.5, 0.6) is 11.6 Å². The first kappa shape index (κ1) is 24.4. The van der Waals surface area contributed by atoms with E-state index in [1.54, 1.807) is 6.20 Å². The SMILES string of the molecule is Cc1ccc2c(c1)c1ccc(Oc3[c-]c4c(cn3)c3ccccc3n4-c3ccccn3)[c-]c1c1nc(C)nn21.[Pt+2]. The fourth-order valence-corrected chi connectivity index (χ4v) is 5.39. The number of aryl methyl sites for hydroxylation is 2. The smallest absolute Gasteiger partial charge is 0.478 e. The van der Waals surface area contributed by atoms with Crippen LogP contribution in [0.25, 0.3) is 54.9 Å². The van der Waals surface area contributed by atoms with Crippen LogP contribution >= 0.6 is 0 Å². The predicted molar refractivity (Wildman–Crippen MR) is 152 cm³/mol. The molecule has 0 radical (unpaired) electrons. The first-order valence-corrected chi connectivity index (χ1v) is 12.7. The number of fused-ring (bicyclic) bond motifs is 9. The Morgan fingerprint density at radius 1 is 0.775 bits per heavy atom. The Balaban J connectivity index is 0.00000264. The van der Waals surface area contributed by atoms with E-state index in [9.17, 15) is 0 Å². The van der Waals surface area contributed by atoms with Gasteiger partial charge in [0.1, 0.15) is 17.5 Å². The van der Waals surface area contributed by atoms with Crippen molar-refractivity contribution < 1.29 is 25.8 Å². The fraction of sp³-hybridized carbons (Fsp3) is 0.0625. The molecule has 5 heterocycles. The van der Waals surface area contributed by atoms with Crippen LogP contribution < -0.4 is 4.74 Å². The van der Waals surface area contributed by atoms with E-state index in [0.717, 1.165) is 54.9 Å². The van der Waals surface area contributed by atoms with Crippen molar-refractivity contribution in [3.05, 3.63) is 109 Å². The van der Waals surface area contributed by atoms with Gasteiger partial charge in [-0.25, -0.2) is 4.98 Å². The minimum absolute atomic E-state index is 0. The van der Waals surface area contributed by atoms with Gasteiger partial charge in [-0.05, 0) is 49.7 Å². The molecule has 0 spiro atoms. The number of aromatic nitrogens is 6. The summed E-state index contributed by atoms with van der Waals surface area (Å²) in [5.74, 6) is 2.39. The molecular formula is C32H20N6OPt. The van der Waals surface area contributed by atoms with Gasteiger partial charge in [0, 0.05) is 17.5 Å². The first-order chi connectivity index (χ1) is 19.1. The Kier molecular flexibility index (Phi) is 5.65. The number of benzene rings is 3. The van der Waals surface area contributed by atoms with E-state index in [1.807, 2.05) is 54.0 Å². The maximum Gasteiger partial charge on any atom is 2.00 e. The molecule has 7 nitrogen and oxygen atoms in total. The van der Waals surface area contributed by atoms with Crippen molar-refractivity contribution in [2.75, 3.05) is 0 Å². The van der Waals surface area contributed by atoms with Crippen LogP contribution in [0.3, 0.4) is 0 Å². The van der Waals surface area contributed by atoms with Crippen molar-refractivity contribution >= 4 is 49.1 Å². The molecule has 3 aromatic carbocycles. The normalized spacial score (nSPS) is 11.6. The van der Waals surface area contributed by atoms with Gasteiger partial charge >= 0.3 is 21.1 Å². The Morgan fingerprint density at radius 3 is 2.52 bits per heavy atom. The molecule has 0 saturated heterocycles. The molecule has 8 rings (SSSR count). The first-order valence-electron chi connectivity index (χ1n) is 12.7. The van der Waals surface area contributed by atoms with Crippen LogP contribution in [-0.4, -0.2) is 29.1 Å². The molecule has 5 aromatic heterocycles. The summed E-state index contributed by atoms with van der Waals surface area (Å²) in [7, 11) is 0. The summed E-state index contributed by atoms with van der Waals surface area (Å²) in [5.41, 5.74) is 4.80. The van der Waals surface area contributed by atoms with Gasteiger partial charge in [-0.1, -0.05) is 70.3 Å². The van der Waals surface area contributed by atoms with E-state index in [0.29, 0.717) is 17.5 Å². The van der Waals surface area contributed by atoms with Gasteiger partial charge in [0.15, 0.2) is 0 Å². The van der Waals surface area contributed by atoms with Crippen molar-refractivity contribution in [2.24, 2.45) is 0 Å². The summed E-state index contributed by atoms with van der Waals surface area (Å²) in [4.78, 5) is 13.9. The zero-order valence-corrected chi connectivity index (χ0v) is 23.8. The second kappa shape index (κ2) is 9.25. The maximum atomic E-state index is 6.26. The van der Waals surface area contributed by atoms with Crippen molar-refractivity contribution in [3.63, 3.8) is 0 Å². The molecule has 0 aliphatic rings. The van der Waals surface area contributed by atoms with Gasteiger partial charge in [-0.15, -0.1) is 17.0 Å². The van der Waals surface area contributed by atoms with Crippen LogP contribution in [0, 0.1) is 26.0 Å². The molecule has 8 heteroatoms. The van der Waals surface area contributed by atoms with Crippen LogP contribution in [0.4, 0.5) is 0 Å². The fourth-order valence-electron chi connectivity index (χ4n) is 5.39. The average Bonchev–Trinajstić information content (AvgIpc) is 3.51. The molecule has 194 valence electrons. The second-order valence-electron chi connectivity index (χ2n) is 9.62.